The first-order chi connectivity index (χ1) is 10.2. The van der Waals surface area contributed by atoms with Crippen molar-refractivity contribution in [1.82, 2.24) is 15.0 Å². The summed E-state index contributed by atoms with van der Waals surface area (Å²) in [6, 6.07) is 0. The number of aromatic nitrogens is 3. The molecule has 2 aromatic heterocycles. The molecule has 0 aromatic carbocycles. The van der Waals surface area contributed by atoms with Crippen molar-refractivity contribution in [3.05, 3.63) is 23.7 Å². The lowest BCUT2D eigenvalue weighted by atomic mass is 10.4. The Kier molecular flexibility index (Phi) is 4.97. The quantitative estimate of drug-likeness (QED) is 0.810. The molecule has 0 spiro atoms. The molecular weight excluding hydrogens is 270 g/mol. The van der Waals surface area contributed by atoms with Crippen molar-refractivity contribution < 1.29 is 9.15 Å². The van der Waals surface area contributed by atoms with Crippen LogP contribution in [-0.2, 0) is 6.54 Å². The molecular formula is C14H21N5O2. The Morgan fingerprint density at radius 3 is 2.48 bits per heavy atom. The fraction of sp³-hybridized carbons (Fsp3) is 0.500. The van der Waals surface area contributed by atoms with Crippen LogP contribution in [0.15, 0.2) is 10.7 Å². The average Bonchev–Trinajstić information content (AvgIpc) is 2.81. The van der Waals surface area contributed by atoms with Gasteiger partial charge in [-0.25, -0.2) is 15.0 Å². The minimum Gasteiger partial charge on any atom is -0.490 e. The number of hydrogen-bond donors (Lipinski definition) is 2. The van der Waals surface area contributed by atoms with Crippen molar-refractivity contribution in [2.75, 3.05) is 24.3 Å². The molecule has 0 radical (unpaired) electrons. The van der Waals surface area contributed by atoms with Gasteiger partial charge in [0, 0.05) is 6.54 Å². The minimum atomic E-state index is 0.440. The van der Waals surface area contributed by atoms with E-state index in [2.05, 4.69) is 32.5 Å². The van der Waals surface area contributed by atoms with Crippen molar-refractivity contribution in [1.29, 1.82) is 0 Å². The van der Waals surface area contributed by atoms with Gasteiger partial charge in [0.1, 0.15) is 12.1 Å². The highest BCUT2D eigenvalue weighted by Gasteiger charge is 2.13. The van der Waals surface area contributed by atoms with E-state index in [1.54, 1.807) is 7.11 Å². The summed E-state index contributed by atoms with van der Waals surface area (Å²) in [6.45, 7) is 7.16. The number of ether oxygens (including phenoxy) is 1. The summed E-state index contributed by atoms with van der Waals surface area (Å²) in [6.07, 6.45) is 2.50. The number of hydrogen-bond acceptors (Lipinski definition) is 7. The number of anilines is 2. The van der Waals surface area contributed by atoms with Gasteiger partial charge in [0.15, 0.2) is 11.6 Å². The zero-order chi connectivity index (χ0) is 15.2. The van der Waals surface area contributed by atoms with Gasteiger partial charge in [0.25, 0.3) is 0 Å². The fourth-order valence-corrected chi connectivity index (χ4v) is 1.84. The van der Waals surface area contributed by atoms with E-state index in [1.807, 2.05) is 13.8 Å². The third kappa shape index (κ3) is 3.62. The van der Waals surface area contributed by atoms with Crippen LogP contribution in [0.25, 0.3) is 0 Å². The van der Waals surface area contributed by atoms with Crippen LogP contribution in [0.5, 0.6) is 5.75 Å². The lowest BCUT2D eigenvalue weighted by Gasteiger charge is -2.13. The van der Waals surface area contributed by atoms with Crippen LogP contribution in [0.1, 0.15) is 30.7 Å². The van der Waals surface area contributed by atoms with E-state index in [-0.39, 0.29) is 0 Å². The molecule has 2 aromatic rings. The third-order valence-electron chi connectivity index (χ3n) is 3.03. The SMILES string of the molecule is CCCNc1ncnc(NCc2nc(C)c(C)o2)c1OC. The first kappa shape index (κ1) is 15.1. The average molecular weight is 291 g/mol. The fourth-order valence-electron chi connectivity index (χ4n) is 1.84. The van der Waals surface area contributed by atoms with Gasteiger partial charge in [-0.1, -0.05) is 6.92 Å². The third-order valence-corrected chi connectivity index (χ3v) is 3.03. The van der Waals surface area contributed by atoms with Gasteiger partial charge >= 0.3 is 0 Å². The highest BCUT2D eigenvalue weighted by molar-refractivity contribution is 5.63. The standard InChI is InChI=1S/C14H21N5O2/c1-5-6-15-13-12(20-4)14(18-8-17-13)16-7-11-19-9(2)10(3)21-11/h8H,5-7H2,1-4H3,(H2,15,16,17,18). The van der Waals surface area contributed by atoms with E-state index >= 15 is 0 Å². The number of nitrogens with zero attached hydrogens (tertiary/aromatic N) is 3. The highest BCUT2D eigenvalue weighted by Crippen LogP contribution is 2.29. The van der Waals surface area contributed by atoms with Crippen LogP contribution in [0.4, 0.5) is 11.6 Å². The van der Waals surface area contributed by atoms with Gasteiger partial charge in [-0.15, -0.1) is 0 Å². The van der Waals surface area contributed by atoms with Crippen LogP contribution in [0.3, 0.4) is 0 Å². The first-order valence-corrected chi connectivity index (χ1v) is 6.95. The Hall–Kier alpha value is -2.31. The second kappa shape index (κ2) is 6.92. The van der Waals surface area contributed by atoms with E-state index in [0.29, 0.717) is 29.8 Å². The lowest BCUT2D eigenvalue weighted by Crippen LogP contribution is -2.09. The van der Waals surface area contributed by atoms with Crippen molar-refractivity contribution in [2.24, 2.45) is 0 Å². The molecule has 7 heteroatoms. The Labute approximate surface area is 124 Å². The van der Waals surface area contributed by atoms with Gasteiger partial charge in [0.2, 0.25) is 11.6 Å². The molecule has 114 valence electrons. The Morgan fingerprint density at radius 2 is 1.90 bits per heavy atom. The highest BCUT2D eigenvalue weighted by atomic mass is 16.5. The van der Waals surface area contributed by atoms with Crippen molar-refractivity contribution in [3.63, 3.8) is 0 Å². The van der Waals surface area contributed by atoms with Crippen LogP contribution in [0, 0.1) is 13.8 Å². The van der Waals surface area contributed by atoms with Gasteiger partial charge in [-0.2, -0.15) is 0 Å². The van der Waals surface area contributed by atoms with Crippen molar-refractivity contribution in [3.8, 4) is 5.75 Å². The number of nitrogens with one attached hydrogen (secondary N) is 2. The number of oxazole rings is 1. The Bertz CT molecular complexity index is 578. The molecule has 2 N–H and O–H groups in total. The minimum absolute atomic E-state index is 0.440. The van der Waals surface area contributed by atoms with Gasteiger partial charge in [0.05, 0.1) is 19.3 Å². The normalized spacial score (nSPS) is 10.5. The molecule has 0 saturated carbocycles. The van der Waals surface area contributed by atoms with Crippen molar-refractivity contribution >= 4 is 11.6 Å². The Balaban J connectivity index is 2.11. The van der Waals surface area contributed by atoms with E-state index < -0.39 is 0 Å². The van der Waals surface area contributed by atoms with E-state index in [9.17, 15) is 0 Å². The number of aryl methyl sites for hydroxylation is 2. The smallest absolute Gasteiger partial charge is 0.213 e. The summed E-state index contributed by atoms with van der Waals surface area (Å²) in [7, 11) is 1.60. The maximum atomic E-state index is 5.53. The molecule has 0 saturated heterocycles. The van der Waals surface area contributed by atoms with E-state index in [4.69, 9.17) is 9.15 Å². The molecule has 0 aliphatic rings. The molecule has 7 nitrogen and oxygen atoms in total. The summed E-state index contributed by atoms with van der Waals surface area (Å²) in [5, 5.41) is 6.38. The number of rotatable bonds is 7. The summed E-state index contributed by atoms with van der Waals surface area (Å²) in [5.74, 6) is 3.32. The molecule has 0 aliphatic heterocycles. The molecule has 2 rings (SSSR count). The Morgan fingerprint density at radius 1 is 1.19 bits per heavy atom. The van der Waals surface area contributed by atoms with Crippen LogP contribution in [-0.4, -0.2) is 28.6 Å². The zero-order valence-electron chi connectivity index (χ0n) is 12.9. The molecule has 0 fully saturated rings. The lowest BCUT2D eigenvalue weighted by molar-refractivity contribution is 0.414. The summed E-state index contributed by atoms with van der Waals surface area (Å²) in [5.41, 5.74) is 0.895. The number of methoxy groups -OCH3 is 1. The second-order valence-electron chi connectivity index (χ2n) is 4.63. The monoisotopic (exact) mass is 291 g/mol. The topological polar surface area (TPSA) is 85.1 Å². The molecule has 0 aliphatic carbocycles. The van der Waals surface area contributed by atoms with Gasteiger partial charge < -0.3 is 19.8 Å². The van der Waals surface area contributed by atoms with Crippen molar-refractivity contribution in [2.45, 2.75) is 33.7 Å². The molecule has 2 heterocycles. The molecule has 21 heavy (non-hydrogen) atoms. The van der Waals surface area contributed by atoms with Crippen LogP contribution in [0.2, 0.25) is 0 Å². The van der Waals surface area contributed by atoms with Gasteiger partial charge in [-0.05, 0) is 20.3 Å². The largest absolute Gasteiger partial charge is 0.490 e. The maximum absolute atomic E-state index is 5.53. The van der Waals surface area contributed by atoms with Crippen LogP contribution >= 0.6 is 0 Å². The maximum Gasteiger partial charge on any atom is 0.213 e. The first-order valence-electron chi connectivity index (χ1n) is 6.95. The zero-order valence-corrected chi connectivity index (χ0v) is 12.9. The van der Waals surface area contributed by atoms with Crippen LogP contribution < -0.4 is 15.4 Å². The summed E-state index contributed by atoms with van der Waals surface area (Å²) < 4.78 is 10.9. The van der Waals surface area contributed by atoms with E-state index in [0.717, 1.165) is 24.4 Å². The summed E-state index contributed by atoms with van der Waals surface area (Å²) in [4.78, 5) is 12.7. The predicted molar refractivity (Wildman–Crippen MR) is 80.7 cm³/mol. The van der Waals surface area contributed by atoms with E-state index in [1.165, 1.54) is 6.33 Å². The molecule has 0 amide bonds. The summed E-state index contributed by atoms with van der Waals surface area (Å²) >= 11 is 0. The predicted octanol–water partition coefficient (Wildman–Crippen LogP) is 2.52. The molecule has 0 unspecified atom stereocenters. The molecule has 0 bridgehead atoms. The second-order valence-corrected chi connectivity index (χ2v) is 4.63. The van der Waals surface area contributed by atoms with Gasteiger partial charge in [-0.3, -0.25) is 0 Å². The molecule has 0 atom stereocenters.